The first-order valence-corrected chi connectivity index (χ1v) is 7.04. The van der Waals surface area contributed by atoms with Crippen molar-refractivity contribution < 1.29 is 18.3 Å². The average Bonchev–Trinajstić information content (AvgIpc) is 2.37. The van der Waals surface area contributed by atoms with E-state index in [0.29, 0.717) is 0 Å². The smallest absolute Gasteiger partial charge is 0.407 e. The van der Waals surface area contributed by atoms with E-state index >= 15 is 0 Å². The van der Waals surface area contributed by atoms with Crippen molar-refractivity contribution in [2.24, 2.45) is 0 Å². The Hall–Kier alpha value is -1.76. The average molecular weight is 315 g/mol. The highest BCUT2D eigenvalue weighted by Gasteiger charge is 2.30. The van der Waals surface area contributed by atoms with Gasteiger partial charge in [0.15, 0.2) is 0 Å². The fourth-order valence-electron chi connectivity index (χ4n) is 1.57. The van der Waals surface area contributed by atoms with Crippen molar-refractivity contribution in [1.82, 2.24) is 15.6 Å². The minimum absolute atomic E-state index is 0.287. The van der Waals surface area contributed by atoms with Crippen LogP contribution in [0, 0.1) is 6.92 Å². The van der Waals surface area contributed by atoms with Gasteiger partial charge >= 0.3 is 6.09 Å². The van der Waals surface area contributed by atoms with E-state index in [0.717, 1.165) is 11.3 Å². The molecule has 0 atom stereocenters. The van der Waals surface area contributed by atoms with Gasteiger partial charge in [0.25, 0.3) is 5.92 Å². The second-order valence-electron chi connectivity index (χ2n) is 6.12. The monoisotopic (exact) mass is 315 g/mol. The van der Waals surface area contributed by atoms with Gasteiger partial charge in [-0.1, -0.05) is 6.07 Å². The number of halogens is 2. The van der Waals surface area contributed by atoms with Gasteiger partial charge in [0.2, 0.25) is 0 Å². The lowest BCUT2D eigenvalue weighted by atomic mass is 10.2. The number of aryl methyl sites for hydroxylation is 1. The number of hydrogen-bond acceptors (Lipinski definition) is 4. The zero-order valence-electron chi connectivity index (χ0n) is 13.4. The number of pyridine rings is 1. The molecule has 1 aromatic heterocycles. The van der Waals surface area contributed by atoms with Crippen LogP contribution in [0.4, 0.5) is 13.6 Å². The van der Waals surface area contributed by atoms with Crippen molar-refractivity contribution >= 4 is 6.09 Å². The lowest BCUT2D eigenvalue weighted by molar-refractivity contribution is -0.00376. The SMILES string of the molecule is Cc1ccc(CNCC(F)(F)CNC(=O)OC(C)(C)C)cn1. The summed E-state index contributed by atoms with van der Waals surface area (Å²) in [4.78, 5) is 15.4. The summed E-state index contributed by atoms with van der Waals surface area (Å²) in [6.07, 6.45) is 0.786. The highest BCUT2D eigenvalue weighted by molar-refractivity contribution is 5.67. The van der Waals surface area contributed by atoms with Gasteiger partial charge in [-0.05, 0) is 39.3 Å². The Balaban J connectivity index is 2.31. The molecule has 0 aliphatic heterocycles. The quantitative estimate of drug-likeness (QED) is 0.847. The number of nitrogens with one attached hydrogen (secondary N) is 2. The van der Waals surface area contributed by atoms with Gasteiger partial charge in [-0.15, -0.1) is 0 Å². The molecule has 0 spiro atoms. The van der Waals surface area contributed by atoms with E-state index in [4.69, 9.17) is 4.74 Å². The van der Waals surface area contributed by atoms with Gasteiger partial charge in [-0.3, -0.25) is 4.98 Å². The standard InChI is InChI=1S/C15H23F2N3O2/c1-11-5-6-12(8-19-11)7-18-9-15(16,17)10-20-13(21)22-14(2,3)4/h5-6,8,18H,7,9-10H2,1-4H3,(H,20,21). The first kappa shape index (κ1) is 18.3. The molecule has 0 aliphatic carbocycles. The van der Waals surface area contributed by atoms with Crippen LogP contribution < -0.4 is 10.6 Å². The Bertz CT molecular complexity index is 485. The van der Waals surface area contributed by atoms with Crippen LogP contribution in [0.3, 0.4) is 0 Å². The number of alkyl carbamates (subject to hydrolysis) is 1. The lowest BCUT2D eigenvalue weighted by Crippen LogP contribution is -2.44. The number of alkyl halides is 2. The van der Waals surface area contributed by atoms with Gasteiger partial charge in [0.1, 0.15) is 5.60 Å². The van der Waals surface area contributed by atoms with Crippen LogP contribution in [0.1, 0.15) is 32.0 Å². The van der Waals surface area contributed by atoms with Crippen molar-refractivity contribution in [3.63, 3.8) is 0 Å². The Kier molecular flexibility index (Phi) is 6.22. The van der Waals surface area contributed by atoms with Crippen LogP contribution in [-0.4, -0.2) is 35.7 Å². The summed E-state index contributed by atoms with van der Waals surface area (Å²) >= 11 is 0. The summed E-state index contributed by atoms with van der Waals surface area (Å²) in [6, 6.07) is 3.64. The number of carbonyl (C=O) groups is 1. The summed E-state index contributed by atoms with van der Waals surface area (Å²) in [6.45, 7) is 5.83. The van der Waals surface area contributed by atoms with Crippen molar-refractivity contribution in [3.05, 3.63) is 29.6 Å². The Labute approximate surface area is 129 Å². The zero-order chi connectivity index (χ0) is 16.8. The van der Waals surface area contributed by atoms with Gasteiger partial charge < -0.3 is 15.4 Å². The zero-order valence-corrected chi connectivity index (χ0v) is 13.4. The third-order valence-electron chi connectivity index (χ3n) is 2.58. The summed E-state index contributed by atoms with van der Waals surface area (Å²) < 4.78 is 32.2. The molecule has 1 amide bonds. The fourth-order valence-corrected chi connectivity index (χ4v) is 1.57. The Morgan fingerprint density at radius 2 is 1.95 bits per heavy atom. The molecule has 2 N–H and O–H groups in total. The molecule has 0 aromatic carbocycles. The highest BCUT2D eigenvalue weighted by atomic mass is 19.3. The van der Waals surface area contributed by atoms with E-state index in [1.807, 2.05) is 19.1 Å². The first-order chi connectivity index (χ1) is 10.1. The predicted molar refractivity (Wildman–Crippen MR) is 79.9 cm³/mol. The number of ether oxygens (including phenoxy) is 1. The van der Waals surface area contributed by atoms with Crippen LogP contribution in [-0.2, 0) is 11.3 Å². The third kappa shape index (κ3) is 7.87. The Morgan fingerprint density at radius 3 is 2.50 bits per heavy atom. The van der Waals surface area contributed by atoms with Crippen LogP contribution in [0.25, 0.3) is 0 Å². The summed E-state index contributed by atoms with van der Waals surface area (Å²) in [5, 5.41) is 4.72. The number of carbonyl (C=O) groups excluding carboxylic acids is 1. The molecule has 0 fully saturated rings. The van der Waals surface area contributed by atoms with Gasteiger partial charge in [-0.25, -0.2) is 13.6 Å². The van der Waals surface area contributed by atoms with Crippen LogP contribution in [0.2, 0.25) is 0 Å². The van der Waals surface area contributed by atoms with E-state index in [1.165, 1.54) is 0 Å². The molecule has 0 radical (unpaired) electrons. The minimum Gasteiger partial charge on any atom is -0.444 e. The summed E-state index contributed by atoms with van der Waals surface area (Å²) in [5.41, 5.74) is 0.980. The molecule has 1 rings (SSSR count). The molecule has 0 unspecified atom stereocenters. The molecule has 0 saturated carbocycles. The van der Waals surface area contributed by atoms with Crippen molar-refractivity contribution in [2.45, 2.75) is 45.8 Å². The van der Waals surface area contributed by atoms with Crippen LogP contribution >= 0.6 is 0 Å². The molecule has 1 aromatic rings. The van der Waals surface area contributed by atoms with Gasteiger partial charge in [0.05, 0.1) is 13.1 Å². The second kappa shape index (κ2) is 7.49. The lowest BCUT2D eigenvalue weighted by Gasteiger charge is -2.22. The predicted octanol–water partition coefficient (Wildman–Crippen LogP) is 2.64. The molecule has 5 nitrogen and oxygen atoms in total. The maximum Gasteiger partial charge on any atom is 0.407 e. The van der Waals surface area contributed by atoms with Crippen molar-refractivity contribution in [1.29, 1.82) is 0 Å². The molecular weight excluding hydrogens is 292 g/mol. The normalized spacial score (nSPS) is 12.1. The number of nitrogens with zero attached hydrogens (tertiary/aromatic N) is 1. The number of rotatable bonds is 6. The highest BCUT2D eigenvalue weighted by Crippen LogP contribution is 2.12. The summed E-state index contributed by atoms with van der Waals surface area (Å²) in [5.74, 6) is -3.06. The number of amides is 1. The maximum atomic E-state index is 13.6. The molecule has 0 aliphatic rings. The number of aromatic nitrogens is 1. The molecule has 22 heavy (non-hydrogen) atoms. The molecule has 0 saturated heterocycles. The molecule has 1 heterocycles. The molecule has 124 valence electrons. The van der Waals surface area contributed by atoms with Crippen LogP contribution in [0.5, 0.6) is 0 Å². The minimum atomic E-state index is -3.06. The Morgan fingerprint density at radius 1 is 1.27 bits per heavy atom. The molecular formula is C15H23F2N3O2. The second-order valence-corrected chi connectivity index (χ2v) is 6.12. The third-order valence-corrected chi connectivity index (χ3v) is 2.58. The summed E-state index contributed by atoms with van der Waals surface area (Å²) in [7, 11) is 0. The van der Waals surface area contributed by atoms with E-state index in [1.54, 1.807) is 27.0 Å². The maximum absolute atomic E-state index is 13.6. The molecule has 7 heteroatoms. The number of hydrogen-bond donors (Lipinski definition) is 2. The topological polar surface area (TPSA) is 63.2 Å². The van der Waals surface area contributed by atoms with Crippen molar-refractivity contribution in [3.8, 4) is 0 Å². The van der Waals surface area contributed by atoms with Crippen LogP contribution in [0.15, 0.2) is 18.3 Å². The van der Waals surface area contributed by atoms with E-state index < -0.39 is 30.7 Å². The first-order valence-electron chi connectivity index (χ1n) is 7.04. The van der Waals surface area contributed by atoms with E-state index in [9.17, 15) is 13.6 Å². The molecule has 0 bridgehead atoms. The van der Waals surface area contributed by atoms with E-state index in [2.05, 4.69) is 15.6 Å². The van der Waals surface area contributed by atoms with E-state index in [-0.39, 0.29) is 6.54 Å². The largest absolute Gasteiger partial charge is 0.444 e. The van der Waals surface area contributed by atoms with Crippen molar-refractivity contribution in [2.75, 3.05) is 13.1 Å². The van der Waals surface area contributed by atoms with Gasteiger partial charge in [-0.2, -0.15) is 0 Å². The van der Waals surface area contributed by atoms with Gasteiger partial charge in [0, 0.05) is 18.4 Å². The fraction of sp³-hybridized carbons (Fsp3) is 0.600.